The lowest BCUT2D eigenvalue weighted by Crippen LogP contribution is -2.45. The van der Waals surface area contributed by atoms with Crippen LogP contribution in [0.15, 0.2) is 60.8 Å². The first-order valence-electron chi connectivity index (χ1n) is 23.9. The molecule has 3 atom stereocenters. The van der Waals surface area contributed by atoms with Gasteiger partial charge < -0.3 is 21.1 Å². The summed E-state index contributed by atoms with van der Waals surface area (Å²) in [6, 6.07) is -0.867. The molecule has 9 heteroatoms. The van der Waals surface area contributed by atoms with Crippen LogP contribution in [0.1, 0.15) is 213 Å². The van der Waals surface area contributed by atoms with Crippen molar-refractivity contribution >= 4 is 13.7 Å². The van der Waals surface area contributed by atoms with Crippen LogP contribution in [0.3, 0.4) is 0 Å². The summed E-state index contributed by atoms with van der Waals surface area (Å²) in [5.74, 6) is -0.203. The number of phosphoric ester groups is 1. The largest absolute Gasteiger partial charge is 0.472 e. The molecule has 0 fully saturated rings. The van der Waals surface area contributed by atoms with Crippen molar-refractivity contribution in [2.45, 2.75) is 225 Å². The summed E-state index contributed by atoms with van der Waals surface area (Å²) in [5.41, 5.74) is 5.38. The van der Waals surface area contributed by atoms with Crippen molar-refractivity contribution in [2.75, 3.05) is 19.8 Å². The fourth-order valence-corrected chi connectivity index (χ4v) is 7.53. The summed E-state index contributed by atoms with van der Waals surface area (Å²) in [4.78, 5) is 22.8. The van der Waals surface area contributed by atoms with Gasteiger partial charge in [0.25, 0.3) is 0 Å². The number of rotatable bonds is 44. The van der Waals surface area contributed by atoms with Gasteiger partial charge in [-0.05, 0) is 57.8 Å². The standard InChI is InChI=1S/C49H91N2O6P/c1-3-5-7-9-11-13-15-17-19-21-23-24-25-27-29-31-33-35-37-39-41-43-49(53)51-47(46-57-58(54,55)56-45-44-50)48(52)42-40-38-36-34-32-30-28-26-22-20-18-16-14-12-10-8-6-4-2/h5,7,11,13,17,19,23-24,40,42,47-48,52H,3-4,6,8-10,12,14-16,18,20-22,25-39,41,43-46,50H2,1-2H3,(H,51,53)(H,54,55)/b7-5-,13-11-,19-17-,24-23-,42-40+. The average molecular weight is 835 g/mol. The summed E-state index contributed by atoms with van der Waals surface area (Å²) in [7, 11) is -4.35. The first kappa shape index (κ1) is 56.2. The Morgan fingerprint density at radius 1 is 0.586 bits per heavy atom. The van der Waals surface area contributed by atoms with Gasteiger partial charge in [0.05, 0.1) is 25.4 Å². The molecule has 58 heavy (non-hydrogen) atoms. The van der Waals surface area contributed by atoms with Crippen molar-refractivity contribution in [3.05, 3.63) is 60.8 Å². The number of hydrogen-bond donors (Lipinski definition) is 4. The highest BCUT2D eigenvalue weighted by molar-refractivity contribution is 7.47. The SMILES string of the molecule is CC/C=C\C/C=C\C/C=C\C/C=C\CCCCCCCCCCC(=O)NC(COP(=O)(O)OCCN)C(O)/C=C/CCCCCCCCCCCCCCCCCC. The third kappa shape index (κ3) is 42.3. The predicted octanol–water partition coefficient (Wildman–Crippen LogP) is 13.8. The molecule has 0 aromatic carbocycles. The number of allylic oxidation sites excluding steroid dienone is 9. The van der Waals surface area contributed by atoms with Crippen LogP contribution in [0.25, 0.3) is 0 Å². The molecule has 0 aliphatic carbocycles. The zero-order valence-electron chi connectivity index (χ0n) is 37.5. The molecule has 0 radical (unpaired) electrons. The first-order chi connectivity index (χ1) is 28.4. The van der Waals surface area contributed by atoms with Crippen LogP contribution in [0, 0.1) is 0 Å². The Morgan fingerprint density at radius 3 is 1.47 bits per heavy atom. The fourth-order valence-electron chi connectivity index (χ4n) is 6.77. The minimum absolute atomic E-state index is 0.0749. The zero-order chi connectivity index (χ0) is 42.5. The normalized spacial score (nSPS) is 14.5. The number of carbonyl (C=O) groups is 1. The van der Waals surface area contributed by atoms with Crippen molar-refractivity contribution in [1.29, 1.82) is 0 Å². The number of nitrogens with one attached hydrogen (secondary N) is 1. The molecule has 8 nitrogen and oxygen atoms in total. The van der Waals surface area contributed by atoms with Gasteiger partial charge in [-0.1, -0.05) is 209 Å². The van der Waals surface area contributed by atoms with Gasteiger partial charge in [-0.2, -0.15) is 0 Å². The van der Waals surface area contributed by atoms with Crippen LogP contribution in [-0.2, 0) is 18.4 Å². The van der Waals surface area contributed by atoms with E-state index in [1.54, 1.807) is 6.08 Å². The van der Waals surface area contributed by atoms with E-state index in [1.807, 2.05) is 6.08 Å². The molecule has 5 N–H and O–H groups in total. The van der Waals surface area contributed by atoms with E-state index in [4.69, 9.17) is 14.8 Å². The van der Waals surface area contributed by atoms with Gasteiger partial charge in [-0.15, -0.1) is 0 Å². The summed E-state index contributed by atoms with van der Waals surface area (Å²) in [5, 5.41) is 13.7. The quantitative estimate of drug-likeness (QED) is 0.0273. The van der Waals surface area contributed by atoms with Crippen LogP contribution in [0.5, 0.6) is 0 Å². The molecule has 0 bridgehead atoms. The number of phosphoric acid groups is 1. The predicted molar refractivity (Wildman–Crippen MR) is 249 cm³/mol. The lowest BCUT2D eigenvalue weighted by atomic mass is 10.0. The maximum absolute atomic E-state index is 12.8. The van der Waals surface area contributed by atoms with E-state index < -0.39 is 20.0 Å². The Bertz CT molecular complexity index is 1090. The number of aliphatic hydroxyl groups is 1. The molecule has 0 saturated carbocycles. The number of hydrogen-bond acceptors (Lipinski definition) is 6. The average Bonchev–Trinajstić information content (AvgIpc) is 3.21. The van der Waals surface area contributed by atoms with Gasteiger partial charge in [-0.25, -0.2) is 4.57 Å². The summed E-state index contributed by atoms with van der Waals surface area (Å²) in [6.07, 6.45) is 57.0. The van der Waals surface area contributed by atoms with Crippen LogP contribution < -0.4 is 11.1 Å². The van der Waals surface area contributed by atoms with E-state index in [0.29, 0.717) is 6.42 Å². The van der Waals surface area contributed by atoms with Crippen LogP contribution in [0.4, 0.5) is 0 Å². The molecule has 0 aromatic rings. The van der Waals surface area contributed by atoms with Crippen LogP contribution in [-0.4, -0.2) is 47.8 Å². The first-order valence-corrected chi connectivity index (χ1v) is 25.4. The van der Waals surface area contributed by atoms with Gasteiger partial charge in [0.15, 0.2) is 0 Å². The molecule has 1 amide bonds. The maximum atomic E-state index is 12.8. The molecule has 0 aromatic heterocycles. The van der Waals surface area contributed by atoms with Crippen molar-refractivity contribution in [1.82, 2.24) is 5.32 Å². The van der Waals surface area contributed by atoms with E-state index in [9.17, 15) is 19.4 Å². The Hall–Kier alpha value is -1.80. The highest BCUT2D eigenvalue weighted by Crippen LogP contribution is 2.43. The molecule has 3 unspecified atom stereocenters. The topological polar surface area (TPSA) is 131 Å². The van der Waals surface area contributed by atoms with E-state index in [0.717, 1.165) is 70.6 Å². The van der Waals surface area contributed by atoms with Crippen molar-refractivity contribution < 1.29 is 28.4 Å². The van der Waals surface area contributed by atoms with Crippen molar-refractivity contribution in [2.24, 2.45) is 5.73 Å². The third-order valence-electron chi connectivity index (χ3n) is 10.3. The molecular weight excluding hydrogens is 744 g/mol. The number of nitrogens with two attached hydrogens (primary N) is 1. The minimum Gasteiger partial charge on any atom is -0.387 e. The molecule has 0 spiro atoms. The van der Waals surface area contributed by atoms with Crippen molar-refractivity contribution in [3.63, 3.8) is 0 Å². The molecule has 0 aliphatic heterocycles. The number of unbranched alkanes of at least 4 members (excludes halogenated alkanes) is 24. The monoisotopic (exact) mass is 835 g/mol. The van der Waals surface area contributed by atoms with E-state index >= 15 is 0 Å². The van der Waals surface area contributed by atoms with E-state index in [2.05, 4.69) is 67.8 Å². The summed E-state index contributed by atoms with van der Waals surface area (Å²) in [6.45, 7) is 4.03. The van der Waals surface area contributed by atoms with Gasteiger partial charge in [-0.3, -0.25) is 13.8 Å². The van der Waals surface area contributed by atoms with Gasteiger partial charge in [0.1, 0.15) is 0 Å². The Kier molecular flexibility index (Phi) is 43.4. The maximum Gasteiger partial charge on any atom is 0.472 e. The van der Waals surface area contributed by atoms with E-state index in [1.165, 1.54) is 122 Å². The third-order valence-corrected chi connectivity index (χ3v) is 11.3. The summed E-state index contributed by atoms with van der Waals surface area (Å²) >= 11 is 0. The molecule has 0 saturated heterocycles. The number of aliphatic hydroxyl groups excluding tert-OH is 1. The molecule has 0 heterocycles. The smallest absolute Gasteiger partial charge is 0.387 e. The number of amides is 1. The van der Waals surface area contributed by atoms with Gasteiger partial charge >= 0.3 is 7.82 Å². The molecule has 0 aliphatic rings. The fraction of sp³-hybridized carbons (Fsp3) is 0.776. The Balaban J connectivity index is 4.17. The lowest BCUT2D eigenvalue weighted by Gasteiger charge is -2.23. The zero-order valence-corrected chi connectivity index (χ0v) is 38.4. The van der Waals surface area contributed by atoms with E-state index in [-0.39, 0.29) is 25.7 Å². The second-order valence-electron chi connectivity index (χ2n) is 15.9. The molecular formula is C49H91N2O6P. The van der Waals surface area contributed by atoms with Crippen LogP contribution in [0.2, 0.25) is 0 Å². The Morgan fingerprint density at radius 2 is 1.00 bits per heavy atom. The second kappa shape index (κ2) is 44.7. The van der Waals surface area contributed by atoms with Crippen LogP contribution >= 0.6 is 7.82 Å². The summed E-state index contributed by atoms with van der Waals surface area (Å²) < 4.78 is 22.2. The lowest BCUT2D eigenvalue weighted by molar-refractivity contribution is -0.123. The van der Waals surface area contributed by atoms with Gasteiger partial charge in [0.2, 0.25) is 5.91 Å². The molecule has 338 valence electrons. The number of carbonyl (C=O) groups excluding carboxylic acids is 1. The highest BCUT2D eigenvalue weighted by Gasteiger charge is 2.26. The molecule has 0 rings (SSSR count). The second-order valence-corrected chi connectivity index (χ2v) is 17.4. The van der Waals surface area contributed by atoms with Crippen molar-refractivity contribution in [3.8, 4) is 0 Å². The minimum atomic E-state index is -4.35. The Labute approximate surface area is 357 Å². The highest BCUT2D eigenvalue weighted by atomic mass is 31.2. The van der Waals surface area contributed by atoms with Gasteiger partial charge in [0, 0.05) is 13.0 Å².